The highest BCUT2D eigenvalue weighted by Gasteiger charge is 2.25. The standard InChI is InChI=1S/C26H28N8O6/c1-14(35)40-19-12-17(6-7-18(19)23(27)28)31-21(15-10-16(13-37-2)22(39-4)20(11-15)38-3)24-32-26(36)34(33-24)25-29-8-5-9-30-25/h5-12,21,31H,13H2,1-4H3,(H3,27,28)(H,32,33,36)/t21-/m0/s1. The van der Waals surface area contributed by atoms with E-state index in [4.69, 9.17) is 30.1 Å². The van der Waals surface area contributed by atoms with Crippen molar-refractivity contribution in [3.05, 3.63) is 81.8 Å². The van der Waals surface area contributed by atoms with Gasteiger partial charge in [-0.2, -0.15) is 0 Å². The van der Waals surface area contributed by atoms with Gasteiger partial charge >= 0.3 is 11.7 Å². The summed E-state index contributed by atoms with van der Waals surface area (Å²) >= 11 is 0. The van der Waals surface area contributed by atoms with E-state index in [0.29, 0.717) is 28.3 Å². The van der Waals surface area contributed by atoms with E-state index in [0.717, 1.165) is 4.68 Å². The molecule has 4 aromatic rings. The van der Waals surface area contributed by atoms with Crippen molar-refractivity contribution in [3.8, 4) is 23.2 Å². The molecule has 4 rings (SSSR count). The predicted molar refractivity (Wildman–Crippen MR) is 144 cm³/mol. The highest BCUT2D eigenvalue weighted by molar-refractivity contribution is 5.98. The van der Waals surface area contributed by atoms with Crippen LogP contribution < -0.4 is 31.0 Å². The van der Waals surface area contributed by atoms with Gasteiger partial charge < -0.3 is 30.0 Å². The minimum absolute atomic E-state index is 0.0871. The third-order valence-corrected chi connectivity index (χ3v) is 5.70. The number of anilines is 1. The first-order chi connectivity index (χ1) is 19.2. The maximum absolute atomic E-state index is 12.9. The lowest BCUT2D eigenvalue weighted by atomic mass is 10.0. The van der Waals surface area contributed by atoms with E-state index in [-0.39, 0.29) is 35.5 Å². The molecule has 2 aromatic carbocycles. The van der Waals surface area contributed by atoms with Gasteiger partial charge in [-0.25, -0.2) is 14.8 Å². The molecule has 0 saturated heterocycles. The summed E-state index contributed by atoms with van der Waals surface area (Å²) in [6.07, 6.45) is 2.99. The highest BCUT2D eigenvalue weighted by Crippen LogP contribution is 2.37. The molecule has 0 aliphatic heterocycles. The van der Waals surface area contributed by atoms with Gasteiger partial charge in [0.25, 0.3) is 5.95 Å². The van der Waals surface area contributed by atoms with Crippen molar-refractivity contribution in [3.63, 3.8) is 0 Å². The number of nitrogens with one attached hydrogen (secondary N) is 3. The fraction of sp³-hybridized carbons (Fsp3) is 0.231. The van der Waals surface area contributed by atoms with Crippen molar-refractivity contribution < 1.29 is 23.7 Å². The molecule has 14 nitrogen and oxygen atoms in total. The van der Waals surface area contributed by atoms with Gasteiger partial charge in [-0.1, -0.05) is 0 Å². The number of esters is 1. The smallest absolute Gasteiger partial charge is 0.350 e. The highest BCUT2D eigenvalue weighted by atomic mass is 16.5. The fourth-order valence-electron chi connectivity index (χ4n) is 4.05. The number of hydrogen-bond donors (Lipinski definition) is 4. The summed E-state index contributed by atoms with van der Waals surface area (Å²) in [6.45, 7) is 1.46. The van der Waals surface area contributed by atoms with Crippen molar-refractivity contribution in [2.75, 3.05) is 26.6 Å². The lowest BCUT2D eigenvalue weighted by Crippen LogP contribution is -2.18. The maximum Gasteiger partial charge on any atom is 0.350 e. The van der Waals surface area contributed by atoms with Gasteiger partial charge in [0.2, 0.25) is 0 Å². The Labute approximate surface area is 228 Å². The second kappa shape index (κ2) is 12.1. The van der Waals surface area contributed by atoms with Crippen molar-refractivity contribution >= 4 is 17.5 Å². The van der Waals surface area contributed by atoms with Crippen LogP contribution in [-0.2, 0) is 16.1 Å². The number of H-pyrrole nitrogens is 1. The summed E-state index contributed by atoms with van der Waals surface area (Å²) in [6, 6.07) is 9.14. The predicted octanol–water partition coefficient (Wildman–Crippen LogP) is 1.93. The van der Waals surface area contributed by atoms with Crippen LogP contribution in [0.1, 0.15) is 35.5 Å². The molecule has 0 aliphatic carbocycles. The molecule has 0 fully saturated rings. The molecular formula is C26H28N8O6. The van der Waals surface area contributed by atoms with Crippen LogP contribution in [0.4, 0.5) is 5.69 Å². The van der Waals surface area contributed by atoms with Crippen LogP contribution in [0.3, 0.4) is 0 Å². The molecule has 0 aliphatic rings. The van der Waals surface area contributed by atoms with Crippen LogP contribution in [0.25, 0.3) is 5.95 Å². The molecule has 2 aromatic heterocycles. The third kappa shape index (κ3) is 5.91. The first-order valence-corrected chi connectivity index (χ1v) is 11.9. The number of carbonyl (C=O) groups is 1. The zero-order valence-corrected chi connectivity index (χ0v) is 22.2. The number of nitrogens with zero attached hydrogens (tertiary/aromatic N) is 4. The van der Waals surface area contributed by atoms with Crippen molar-refractivity contribution in [2.45, 2.75) is 19.6 Å². The van der Waals surface area contributed by atoms with Crippen LogP contribution in [0.15, 0.2) is 53.6 Å². The van der Waals surface area contributed by atoms with Crippen molar-refractivity contribution in [1.82, 2.24) is 24.7 Å². The zero-order valence-electron chi connectivity index (χ0n) is 22.2. The van der Waals surface area contributed by atoms with Gasteiger partial charge in [0.05, 0.1) is 26.4 Å². The summed E-state index contributed by atoms with van der Waals surface area (Å²) in [5.41, 5.74) is 7.14. The molecule has 2 heterocycles. The number of hydrogen-bond acceptors (Lipinski definition) is 11. The normalized spacial score (nSPS) is 11.5. The lowest BCUT2D eigenvalue weighted by Gasteiger charge is -2.22. The second-order valence-electron chi connectivity index (χ2n) is 8.42. The summed E-state index contributed by atoms with van der Waals surface area (Å²) in [4.78, 5) is 35.6. The van der Waals surface area contributed by atoms with Crippen LogP contribution in [-0.4, -0.2) is 57.9 Å². The molecule has 208 valence electrons. The van der Waals surface area contributed by atoms with E-state index >= 15 is 0 Å². The molecule has 40 heavy (non-hydrogen) atoms. The average molecular weight is 549 g/mol. The maximum atomic E-state index is 12.9. The molecule has 0 bridgehead atoms. The number of methoxy groups -OCH3 is 3. The Morgan fingerprint density at radius 2 is 1.88 bits per heavy atom. The zero-order chi connectivity index (χ0) is 28.8. The van der Waals surface area contributed by atoms with Crippen LogP contribution in [0.5, 0.6) is 17.2 Å². The number of aromatic amines is 1. The third-order valence-electron chi connectivity index (χ3n) is 5.70. The minimum Gasteiger partial charge on any atom is -0.493 e. The SMILES string of the molecule is COCc1cc([C@H](Nc2ccc(C(=N)N)c(OC(C)=O)c2)c2nn(-c3ncccn3)c(=O)[nH]2)cc(OC)c1OC. The van der Waals surface area contributed by atoms with E-state index in [2.05, 4.69) is 25.4 Å². The number of nitrogen functional groups attached to an aromatic ring is 1. The molecule has 0 amide bonds. The quantitative estimate of drug-likeness (QED) is 0.0926. The molecule has 1 atom stereocenters. The number of benzene rings is 2. The first kappa shape index (κ1) is 27.8. The summed E-state index contributed by atoms with van der Waals surface area (Å²) < 4.78 is 22.8. The summed E-state index contributed by atoms with van der Waals surface area (Å²) in [7, 11) is 4.59. The summed E-state index contributed by atoms with van der Waals surface area (Å²) in [5.74, 6) is 0.473. The Morgan fingerprint density at radius 3 is 2.50 bits per heavy atom. The van der Waals surface area contributed by atoms with Gasteiger partial charge in [-0.15, -0.1) is 9.78 Å². The topological polar surface area (TPSA) is 192 Å². The second-order valence-corrected chi connectivity index (χ2v) is 8.42. The molecule has 0 radical (unpaired) electrons. The van der Waals surface area contributed by atoms with E-state index < -0.39 is 17.7 Å². The van der Waals surface area contributed by atoms with E-state index in [1.54, 1.807) is 31.4 Å². The van der Waals surface area contributed by atoms with Gasteiger partial charge in [-0.3, -0.25) is 15.2 Å². The monoisotopic (exact) mass is 548 g/mol. The lowest BCUT2D eigenvalue weighted by molar-refractivity contribution is -0.131. The van der Waals surface area contributed by atoms with Crippen LogP contribution in [0, 0.1) is 5.41 Å². The Bertz CT molecular complexity index is 1580. The fourth-order valence-corrected chi connectivity index (χ4v) is 4.05. The molecule has 0 unspecified atom stereocenters. The van der Waals surface area contributed by atoms with Gasteiger partial charge in [0.15, 0.2) is 17.3 Å². The number of rotatable bonds is 11. The average Bonchev–Trinajstić information content (AvgIpc) is 3.32. The number of ether oxygens (including phenoxy) is 4. The van der Waals surface area contributed by atoms with Crippen LogP contribution >= 0.6 is 0 Å². The molecule has 5 N–H and O–H groups in total. The molecule has 0 spiro atoms. The largest absolute Gasteiger partial charge is 0.493 e. The minimum atomic E-state index is -0.776. The van der Waals surface area contributed by atoms with Gasteiger partial charge in [0, 0.05) is 43.7 Å². The Hall–Kier alpha value is -5.24. The van der Waals surface area contributed by atoms with Crippen molar-refractivity contribution in [1.29, 1.82) is 5.41 Å². The number of aromatic nitrogens is 5. The first-order valence-electron chi connectivity index (χ1n) is 11.9. The number of carbonyl (C=O) groups excluding carboxylic acids is 1. The van der Waals surface area contributed by atoms with E-state index in [1.165, 1.54) is 39.6 Å². The Balaban J connectivity index is 1.88. The Kier molecular flexibility index (Phi) is 8.39. The van der Waals surface area contributed by atoms with Crippen LogP contribution in [0.2, 0.25) is 0 Å². The van der Waals surface area contributed by atoms with Gasteiger partial charge in [-0.05, 0) is 35.9 Å². The number of nitrogens with two attached hydrogens (primary N) is 1. The Morgan fingerprint density at radius 1 is 1.12 bits per heavy atom. The molecule has 0 saturated carbocycles. The van der Waals surface area contributed by atoms with E-state index in [9.17, 15) is 9.59 Å². The van der Waals surface area contributed by atoms with Gasteiger partial charge in [0.1, 0.15) is 17.6 Å². The van der Waals surface area contributed by atoms with Crippen molar-refractivity contribution in [2.24, 2.45) is 5.73 Å². The molecular weight excluding hydrogens is 520 g/mol. The molecule has 14 heteroatoms. The summed E-state index contributed by atoms with van der Waals surface area (Å²) in [5, 5.41) is 15.6. The van der Waals surface area contributed by atoms with E-state index in [1.807, 2.05) is 6.07 Å². The number of amidine groups is 1.